The lowest BCUT2D eigenvalue weighted by molar-refractivity contribution is 0.0953. The van der Waals surface area contributed by atoms with Crippen molar-refractivity contribution in [3.8, 4) is 11.5 Å². The third-order valence-electron chi connectivity index (χ3n) is 3.26. The number of hydrazone groups is 1. The Morgan fingerprint density at radius 3 is 2.92 bits per heavy atom. The standard InChI is InChI=1S/C16H16ClN3O4/c1-3-20-6-4-5-11(16(20)23)15(22)19-18-9-10-7-12(17)14(21)13(8-10)24-2/h4-9,21H,3H2,1-2H3,(H,19,22)/b18-9-. The number of benzene rings is 1. The predicted molar refractivity (Wildman–Crippen MR) is 91.1 cm³/mol. The highest BCUT2D eigenvalue weighted by atomic mass is 35.5. The van der Waals surface area contributed by atoms with E-state index in [0.717, 1.165) is 0 Å². The maximum Gasteiger partial charge on any atom is 0.276 e. The largest absolute Gasteiger partial charge is 0.503 e. The summed E-state index contributed by atoms with van der Waals surface area (Å²) >= 11 is 5.87. The van der Waals surface area contributed by atoms with Gasteiger partial charge in [-0.25, -0.2) is 5.43 Å². The second-order valence-electron chi connectivity index (χ2n) is 4.77. The number of carbonyl (C=O) groups excluding carboxylic acids is 1. The van der Waals surface area contributed by atoms with E-state index >= 15 is 0 Å². The summed E-state index contributed by atoms with van der Waals surface area (Å²) < 4.78 is 6.40. The molecule has 24 heavy (non-hydrogen) atoms. The molecule has 0 radical (unpaired) electrons. The van der Waals surface area contributed by atoms with E-state index in [1.807, 2.05) is 6.92 Å². The Morgan fingerprint density at radius 2 is 2.25 bits per heavy atom. The average molecular weight is 350 g/mol. The van der Waals surface area contributed by atoms with E-state index < -0.39 is 5.91 Å². The highest BCUT2D eigenvalue weighted by Gasteiger charge is 2.11. The number of pyridine rings is 1. The van der Waals surface area contributed by atoms with Crippen LogP contribution in [-0.4, -0.2) is 28.9 Å². The first-order valence-electron chi connectivity index (χ1n) is 7.07. The monoisotopic (exact) mass is 349 g/mol. The number of hydrogen-bond donors (Lipinski definition) is 2. The van der Waals surface area contributed by atoms with E-state index in [1.165, 1.54) is 36.1 Å². The molecule has 1 amide bonds. The highest BCUT2D eigenvalue weighted by molar-refractivity contribution is 6.32. The van der Waals surface area contributed by atoms with E-state index in [1.54, 1.807) is 12.3 Å². The fourth-order valence-electron chi connectivity index (χ4n) is 2.01. The summed E-state index contributed by atoms with van der Waals surface area (Å²) in [5, 5.41) is 13.5. The Bertz CT molecular complexity index is 846. The number of aromatic nitrogens is 1. The Morgan fingerprint density at radius 1 is 1.50 bits per heavy atom. The molecule has 0 fully saturated rings. The van der Waals surface area contributed by atoms with Gasteiger partial charge in [-0.15, -0.1) is 0 Å². The number of amides is 1. The fraction of sp³-hybridized carbons (Fsp3) is 0.188. The van der Waals surface area contributed by atoms with Gasteiger partial charge in [0.15, 0.2) is 11.5 Å². The smallest absolute Gasteiger partial charge is 0.276 e. The molecule has 2 aromatic rings. The van der Waals surface area contributed by atoms with Gasteiger partial charge >= 0.3 is 0 Å². The van der Waals surface area contributed by atoms with Crippen LogP contribution < -0.4 is 15.7 Å². The first kappa shape index (κ1) is 17.6. The van der Waals surface area contributed by atoms with Crippen LogP contribution in [0.2, 0.25) is 5.02 Å². The van der Waals surface area contributed by atoms with Gasteiger partial charge in [0.25, 0.3) is 11.5 Å². The maximum absolute atomic E-state index is 12.0. The Kier molecular flexibility index (Phi) is 5.59. The number of halogens is 1. The van der Waals surface area contributed by atoms with E-state index in [2.05, 4.69) is 10.5 Å². The van der Waals surface area contributed by atoms with Crippen LogP contribution in [-0.2, 0) is 6.54 Å². The Hall–Kier alpha value is -2.80. The number of methoxy groups -OCH3 is 1. The Balaban J connectivity index is 2.16. The molecule has 0 saturated heterocycles. The van der Waals surface area contributed by atoms with Gasteiger partial charge in [0, 0.05) is 12.7 Å². The number of nitrogens with one attached hydrogen (secondary N) is 1. The van der Waals surface area contributed by atoms with Gasteiger partial charge in [-0.1, -0.05) is 11.6 Å². The summed E-state index contributed by atoms with van der Waals surface area (Å²) in [7, 11) is 1.39. The van der Waals surface area contributed by atoms with Crippen molar-refractivity contribution in [3.05, 3.63) is 57.0 Å². The van der Waals surface area contributed by atoms with Crippen molar-refractivity contribution in [2.45, 2.75) is 13.5 Å². The van der Waals surface area contributed by atoms with Crippen molar-refractivity contribution in [2.24, 2.45) is 5.10 Å². The zero-order chi connectivity index (χ0) is 17.7. The normalized spacial score (nSPS) is 10.8. The van der Waals surface area contributed by atoms with Crippen molar-refractivity contribution in [3.63, 3.8) is 0 Å². The molecule has 0 atom stereocenters. The topological polar surface area (TPSA) is 92.9 Å². The number of carbonyl (C=O) groups is 1. The molecule has 2 N–H and O–H groups in total. The molecule has 1 heterocycles. The second-order valence-corrected chi connectivity index (χ2v) is 5.17. The molecule has 0 bridgehead atoms. The van der Waals surface area contributed by atoms with Gasteiger partial charge in [0.2, 0.25) is 0 Å². The summed E-state index contributed by atoms with van der Waals surface area (Å²) in [4.78, 5) is 24.1. The van der Waals surface area contributed by atoms with Crippen molar-refractivity contribution in [1.82, 2.24) is 9.99 Å². The minimum atomic E-state index is -0.615. The fourth-order valence-corrected chi connectivity index (χ4v) is 2.23. The summed E-state index contributed by atoms with van der Waals surface area (Å²) in [6.45, 7) is 2.28. The van der Waals surface area contributed by atoms with Gasteiger partial charge in [-0.3, -0.25) is 9.59 Å². The van der Waals surface area contributed by atoms with Crippen molar-refractivity contribution >= 4 is 23.7 Å². The third-order valence-corrected chi connectivity index (χ3v) is 3.54. The maximum atomic E-state index is 12.0. The van der Waals surface area contributed by atoms with Gasteiger partial charge in [0.05, 0.1) is 18.3 Å². The lowest BCUT2D eigenvalue weighted by Gasteiger charge is -2.06. The minimum Gasteiger partial charge on any atom is -0.503 e. The number of ether oxygens (including phenoxy) is 1. The van der Waals surface area contributed by atoms with Crippen molar-refractivity contribution in [2.75, 3.05) is 7.11 Å². The molecule has 1 aromatic carbocycles. The zero-order valence-corrected chi connectivity index (χ0v) is 13.9. The lowest BCUT2D eigenvalue weighted by Crippen LogP contribution is -2.30. The van der Waals surface area contributed by atoms with E-state index in [-0.39, 0.29) is 27.6 Å². The summed E-state index contributed by atoms with van der Waals surface area (Å²) in [6, 6.07) is 6.01. The molecule has 1 aromatic heterocycles. The number of phenols is 1. The highest BCUT2D eigenvalue weighted by Crippen LogP contribution is 2.34. The third kappa shape index (κ3) is 3.75. The molecular formula is C16H16ClN3O4. The molecule has 8 heteroatoms. The average Bonchev–Trinajstić information content (AvgIpc) is 2.57. The van der Waals surface area contributed by atoms with Crippen LogP contribution in [0, 0.1) is 0 Å². The first-order valence-corrected chi connectivity index (χ1v) is 7.45. The molecule has 0 unspecified atom stereocenters. The van der Waals surface area contributed by atoms with E-state index in [0.29, 0.717) is 12.1 Å². The molecule has 2 rings (SSSR count). The van der Waals surface area contributed by atoms with Gasteiger partial charge < -0.3 is 14.4 Å². The number of rotatable bonds is 5. The predicted octanol–water partition coefficient (Wildman–Crippen LogP) is 2.00. The number of hydrogen-bond acceptors (Lipinski definition) is 5. The molecule has 0 saturated carbocycles. The minimum absolute atomic E-state index is 0.00202. The number of nitrogens with zero attached hydrogens (tertiary/aromatic N) is 2. The van der Waals surface area contributed by atoms with Crippen LogP contribution in [0.15, 0.2) is 40.4 Å². The van der Waals surface area contributed by atoms with Crippen LogP contribution in [0.3, 0.4) is 0 Å². The van der Waals surface area contributed by atoms with Gasteiger partial charge in [-0.05, 0) is 36.8 Å². The molecule has 0 aliphatic rings. The molecule has 0 aliphatic heterocycles. The number of aromatic hydroxyl groups is 1. The molecule has 126 valence electrons. The lowest BCUT2D eigenvalue weighted by atomic mass is 10.2. The SMILES string of the molecule is CCn1cccc(C(=O)N/N=C\c2cc(Cl)c(O)c(OC)c2)c1=O. The van der Waals surface area contributed by atoms with Crippen LogP contribution in [0.5, 0.6) is 11.5 Å². The summed E-state index contributed by atoms with van der Waals surface area (Å²) in [5.41, 5.74) is 2.40. The van der Waals surface area contributed by atoms with E-state index in [4.69, 9.17) is 16.3 Å². The van der Waals surface area contributed by atoms with Crippen molar-refractivity contribution < 1.29 is 14.6 Å². The molecule has 0 spiro atoms. The molecule has 0 aliphatic carbocycles. The molecular weight excluding hydrogens is 334 g/mol. The molecule has 7 nitrogen and oxygen atoms in total. The Labute approximate surface area is 143 Å². The van der Waals surface area contributed by atoms with Gasteiger partial charge in [-0.2, -0.15) is 5.10 Å². The summed E-state index contributed by atoms with van der Waals surface area (Å²) in [5.74, 6) is -0.607. The van der Waals surface area contributed by atoms with Crippen LogP contribution in [0.1, 0.15) is 22.8 Å². The van der Waals surface area contributed by atoms with Crippen LogP contribution >= 0.6 is 11.6 Å². The second kappa shape index (κ2) is 7.65. The van der Waals surface area contributed by atoms with E-state index in [9.17, 15) is 14.7 Å². The first-order chi connectivity index (χ1) is 11.5. The van der Waals surface area contributed by atoms with Crippen LogP contribution in [0.4, 0.5) is 0 Å². The van der Waals surface area contributed by atoms with Crippen LogP contribution in [0.25, 0.3) is 0 Å². The van der Waals surface area contributed by atoms with Gasteiger partial charge in [0.1, 0.15) is 5.56 Å². The number of phenolic OH excluding ortho intramolecular Hbond substituents is 1. The number of aryl methyl sites for hydroxylation is 1. The summed E-state index contributed by atoms with van der Waals surface area (Å²) in [6.07, 6.45) is 2.93. The van der Waals surface area contributed by atoms with Crippen molar-refractivity contribution in [1.29, 1.82) is 0 Å². The zero-order valence-electron chi connectivity index (χ0n) is 13.1. The quantitative estimate of drug-likeness (QED) is 0.637.